The SMILES string of the molecule is NCC1CCN(C(=O)C2CCCN(S(=O)(=O)Cc3ccccc3)C2)C1. The molecule has 138 valence electrons. The predicted octanol–water partition coefficient (Wildman–Crippen LogP) is 1.04. The highest BCUT2D eigenvalue weighted by Gasteiger charge is 2.36. The Morgan fingerprint density at radius 2 is 1.88 bits per heavy atom. The first-order valence-corrected chi connectivity index (χ1v) is 10.6. The fraction of sp³-hybridized carbons (Fsp3) is 0.611. The Morgan fingerprint density at radius 3 is 2.56 bits per heavy atom. The molecule has 1 aromatic carbocycles. The van der Waals surface area contributed by atoms with Gasteiger partial charge in [0, 0.05) is 26.2 Å². The minimum Gasteiger partial charge on any atom is -0.342 e. The largest absolute Gasteiger partial charge is 0.342 e. The molecule has 1 amide bonds. The summed E-state index contributed by atoms with van der Waals surface area (Å²) in [5, 5.41) is 0. The molecule has 6 nitrogen and oxygen atoms in total. The van der Waals surface area contributed by atoms with Gasteiger partial charge in [0.1, 0.15) is 0 Å². The summed E-state index contributed by atoms with van der Waals surface area (Å²) >= 11 is 0. The molecule has 2 aliphatic heterocycles. The van der Waals surface area contributed by atoms with E-state index in [1.165, 1.54) is 4.31 Å². The fourth-order valence-electron chi connectivity index (χ4n) is 3.76. The van der Waals surface area contributed by atoms with E-state index in [2.05, 4.69) is 0 Å². The lowest BCUT2D eigenvalue weighted by atomic mass is 9.98. The van der Waals surface area contributed by atoms with Crippen LogP contribution in [0.15, 0.2) is 30.3 Å². The molecule has 3 rings (SSSR count). The van der Waals surface area contributed by atoms with E-state index >= 15 is 0 Å². The summed E-state index contributed by atoms with van der Waals surface area (Å²) < 4.78 is 27.0. The molecule has 25 heavy (non-hydrogen) atoms. The number of carbonyl (C=O) groups is 1. The maximum Gasteiger partial charge on any atom is 0.227 e. The summed E-state index contributed by atoms with van der Waals surface area (Å²) in [5.41, 5.74) is 6.48. The van der Waals surface area contributed by atoms with Crippen molar-refractivity contribution in [1.82, 2.24) is 9.21 Å². The van der Waals surface area contributed by atoms with Gasteiger partial charge in [-0.05, 0) is 37.3 Å². The number of amides is 1. The maximum absolute atomic E-state index is 12.8. The minimum atomic E-state index is -3.40. The molecule has 2 N–H and O–H groups in total. The van der Waals surface area contributed by atoms with Crippen LogP contribution < -0.4 is 5.73 Å². The first-order valence-electron chi connectivity index (χ1n) is 9.00. The van der Waals surface area contributed by atoms with E-state index in [9.17, 15) is 13.2 Å². The van der Waals surface area contributed by atoms with Crippen LogP contribution in [0.5, 0.6) is 0 Å². The molecular formula is C18H27N3O3S. The van der Waals surface area contributed by atoms with Crippen LogP contribution in [-0.4, -0.2) is 56.3 Å². The number of rotatable bonds is 5. The predicted molar refractivity (Wildman–Crippen MR) is 97.1 cm³/mol. The van der Waals surface area contributed by atoms with Crippen molar-refractivity contribution in [3.63, 3.8) is 0 Å². The van der Waals surface area contributed by atoms with Gasteiger partial charge in [-0.25, -0.2) is 12.7 Å². The third kappa shape index (κ3) is 4.40. The number of piperidine rings is 1. The summed E-state index contributed by atoms with van der Waals surface area (Å²) in [4.78, 5) is 14.6. The van der Waals surface area contributed by atoms with E-state index in [0.717, 1.165) is 31.4 Å². The third-order valence-corrected chi connectivity index (χ3v) is 7.07. The van der Waals surface area contributed by atoms with Gasteiger partial charge in [-0.2, -0.15) is 0 Å². The molecule has 7 heteroatoms. The van der Waals surface area contributed by atoms with E-state index in [-0.39, 0.29) is 17.6 Å². The van der Waals surface area contributed by atoms with Crippen LogP contribution in [-0.2, 0) is 20.6 Å². The standard InChI is InChI=1S/C18H27N3O3S/c19-11-16-8-10-20(12-16)18(22)17-7-4-9-21(13-17)25(23,24)14-15-5-2-1-3-6-15/h1-3,5-6,16-17H,4,7-14,19H2. The average Bonchev–Trinajstić information content (AvgIpc) is 3.11. The molecule has 1 aromatic rings. The lowest BCUT2D eigenvalue weighted by Gasteiger charge is -2.33. The van der Waals surface area contributed by atoms with Gasteiger partial charge in [-0.1, -0.05) is 30.3 Å². The van der Waals surface area contributed by atoms with Crippen molar-refractivity contribution in [3.05, 3.63) is 35.9 Å². The van der Waals surface area contributed by atoms with Crippen molar-refractivity contribution < 1.29 is 13.2 Å². The Morgan fingerprint density at radius 1 is 1.12 bits per heavy atom. The maximum atomic E-state index is 12.8. The van der Waals surface area contributed by atoms with Crippen LogP contribution in [0.2, 0.25) is 0 Å². The van der Waals surface area contributed by atoms with Crippen molar-refractivity contribution >= 4 is 15.9 Å². The molecule has 0 bridgehead atoms. The first kappa shape index (κ1) is 18.4. The molecule has 0 saturated carbocycles. The zero-order valence-corrected chi connectivity index (χ0v) is 15.3. The quantitative estimate of drug-likeness (QED) is 0.845. The normalized spacial score (nSPS) is 25.2. The number of benzene rings is 1. The molecule has 0 aliphatic carbocycles. The van der Waals surface area contributed by atoms with Crippen molar-refractivity contribution in [3.8, 4) is 0 Å². The monoisotopic (exact) mass is 365 g/mol. The summed E-state index contributed by atoms with van der Waals surface area (Å²) in [6, 6.07) is 9.20. The second kappa shape index (κ2) is 7.85. The zero-order chi connectivity index (χ0) is 17.9. The zero-order valence-electron chi connectivity index (χ0n) is 14.5. The van der Waals surface area contributed by atoms with Gasteiger partial charge in [0.25, 0.3) is 0 Å². The highest BCUT2D eigenvalue weighted by atomic mass is 32.2. The smallest absolute Gasteiger partial charge is 0.227 e. The number of carbonyl (C=O) groups excluding carboxylic acids is 1. The molecular weight excluding hydrogens is 338 g/mol. The summed E-state index contributed by atoms with van der Waals surface area (Å²) in [5.74, 6) is 0.241. The molecule has 0 spiro atoms. The van der Waals surface area contributed by atoms with Gasteiger partial charge in [0.15, 0.2) is 0 Å². The van der Waals surface area contributed by atoms with Crippen molar-refractivity contribution in [2.45, 2.75) is 25.0 Å². The highest BCUT2D eigenvalue weighted by molar-refractivity contribution is 7.88. The van der Waals surface area contributed by atoms with Crippen molar-refractivity contribution in [1.29, 1.82) is 0 Å². The molecule has 0 radical (unpaired) electrons. The summed E-state index contributed by atoms with van der Waals surface area (Å²) in [7, 11) is -3.40. The van der Waals surface area contributed by atoms with E-state index < -0.39 is 10.0 Å². The Bertz CT molecular complexity index is 693. The Hall–Kier alpha value is -1.44. The topological polar surface area (TPSA) is 83.7 Å². The average molecular weight is 365 g/mol. The van der Waals surface area contributed by atoms with Gasteiger partial charge < -0.3 is 10.6 Å². The van der Waals surface area contributed by atoms with Gasteiger partial charge in [0.05, 0.1) is 11.7 Å². The third-order valence-electron chi connectivity index (χ3n) is 5.25. The minimum absolute atomic E-state index is 0.00624. The highest BCUT2D eigenvalue weighted by Crippen LogP contribution is 2.25. The molecule has 2 aliphatic rings. The van der Waals surface area contributed by atoms with Crippen LogP contribution in [0.3, 0.4) is 0 Å². The summed E-state index contributed by atoms with van der Waals surface area (Å²) in [6.07, 6.45) is 2.45. The number of likely N-dealkylation sites (tertiary alicyclic amines) is 1. The van der Waals surface area contributed by atoms with Crippen LogP contribution in [0, 0.1) is 11.8 Å². The van der Waals surface area contributed by atoms with E-state index in [1.807, 2.05) is 35.2 Å². The van der Waals surface area contributed by atoms with Crippen LogP contribution in [0.4, 0.5) is 0 Å². The molecule has 2 fully saturated rings. The van der Waals surface area contributed by atoms with E-state index in [0.29, 0.717) is 32.1 Å². The fourth-order valence-corrected chi connectivity index (χ4v) is 5.37. The number of hydrogen-bond donors (Lipinski definition) is 1. The number of nitrogens with two attached hydrogens (primary N) is 1. The lowest BCUT2D eigenvalue weighted by molar-refractivity contribution is -0.135. The van der Waals surface area contributed by atoms with Crippen molar-refractivity contribution in [2.75, 3.05) is 32.7 Å². The Balaban J connectivity index is 1.63. The second-order valence-electron chi connectivity index (χ2n) is 7.11. The van der Waals surface area contributed by atoms with Gasteiger partial charge >= 0.3 is 0 Å². The number of sulfonamides is 1. The molecule has 2 unspecified atom stereocenters. The second-order valence-corrected chi connectivity index (χ2v) is 9.08. The number of nitrogens with zero attached hydrogens (tertiary/aromatic N) is 2. The Labute approximate surface area is 150 Å². The molecule has 2 saturated heterocycles. The molecule has 2 atom stereocenters. The van der Waals surface area contributed by atoms with E-state index in [1.54, 1.807) is 0 Å². The van der Waals surface area contributed by atoms with Gasteiger partial charge in [-0.3, -0.25) is 4.79 Å². The lowest BCUT2D eigenvalue weighted by Crippen LogP contribution is -2.46. The van der Waals surface area contributed by atoms with Crippen molar-refractivity contribution in [2.24, 2.45) is 17.6 Å². The van der Waals surface area contributed by atoms with Gasteiger partial charge in [-0.15, -0.1) is 0 Å². The molecule has 0 aromatic heterocycles. The molecule has 2 heterocycles. The van der Waals surface area contributed by atoms with Crippen LogP contribution in [0.25, 0.3) is 0 Å². The van der Waals surface area contributed by atoms with E-state index in [4.69, 9.17) is 5.73 Å². The first-order chi connectivity index (χ1) is 12.0. The van der Waals surface area contributed by atoms with Gasteiger partial charge in [0.2, 0.25) is 15.9 Å². The van der Waals surface area contributed by atoms with Crippen LogP contribution >= 0.6 is 0 Å². The van der Waals surface area contributed by atoms with Crippen LogP contribution in [0.1, 0.15) is 24.8 Å². The summed E-state index contributed by atoms with van der Waals surface area (Å²) in [6.45, 7) is 2.87. The number of hydrogen-bond acceptors (Lipinski definition) is 4. The Kier molecular flexibility index (Phi) is 5.76.